The summed E-state index contributed by atoms with van der Waals surface area (Å²) in [6.07, 6.45) is -0.553. The van der Waals surface area contributed by atoms with Gasteiger partial charge in [0.1, 0.15) is 48.6 Å². The number of aliphatic hydroxyl groups is 6. The number of allylic oxidation sites excluding steroid dienone is 1. The first-order valence-corrected chi connectivity index (χ1v) is 26.2. The Morgan fingerprint density at radius 1 is 0.734 bits per heavy atom. The number of esters is 1. The highest BCUT2D eigenvalue weighted by atomic mass is 16.5. The van der Waals surface area contributed by atoms with Crippen molar-refractivity contribution in [2.24, 2.45) is 11.5 Å². The average Bonchev–Trinajstić information content (AvgIpc) is 3.40. The molecule has 1 heterocycles. The van der Waals surface area contributed by atoms with Crippen LogP contribution in [0.3, 0.4) is 0 Å². The van der Waals surface area contributed by atoms with Crippen LogP contribution < -0.4 is 59.3 Å². The van der Waals surface area contributed by atoms with Gasteiger partial charge in [-0.05, 0) is 52.6 Å². The molecule has 1 aliphatic heterocycles. The van der Waals surface area contributed by atoms with Crippen LogP contribution in [0.1, 0.15) is 117 Å². The molecule has 31 nitrogen and oxygen atoms in total. The zero-order valence-electron chi connectivity index (χ0n) is 44.8. The van der Waals surface area contributed by atoms with E-state index in [9.17, 15) is 93.6 Å². The molecule has 0 spiro atoms. The maximum absolute atomic E-state index is 14.2. The predicted octanol–water partition coefficient (Wildman–Crippen LogP) is -6.72. The summed E-state index contributed by atoms with van der Waals surface area (Å²) >= 11 is 0. The zero-order valence-corrected chi connectivity index (χ0v) is 44.8. The number of hydrogen-bond acceptors (Lipinski definition) is 21. The summed E-state index contributed by atoms with van der Waals surface area (Å²) in [6.45, 7) is -0.655. The normalized spacial score (nSPS) is 25.1. The van der Waals surface area contributed by atoms with E-state index in [-0.39, 0.29) is 25.8 Å². The van der Waals surface area contributed by atoms with Crippen LogP contribution in [0.5, 0.6) is 0 Å². The fourth-order valence-electron chi connectivity index (χ4n) is 7.82. The lowest BCUT2D eigenvalue weighted by Crippen LogP contribution is -2.69. The Bertz CT molecular complexity index is 2070. The number of rotatable bonds is 26. The minimum absolute atomic E-state index is 0.0375. The maximum Gasteiger partial charge on any atom is 0.344 e. The van der Waals surface area contributed by atoms with Gasteiger partial charge in [-0.15, -0.1) is 0 Å². The highest BCUT2D eigenvalue weighted by Gasteiger charge is 2.43. The molecule has 0 radical (unpaired) electrons. The first kappa shape index (κ1) is 70.6. The second-order valence-corrected chi connectivity index (χ2v) is 18.8. The summed E-state index contributed by atoms with van der Waals surface area (Å²) in [6, 6.07) is -12.4. The Kier molecular flexibility index (Phi) is 33.4. The summed E-state index contributed by atoms with van der Waals surface area (Å²) < 4.78 is 5.19. The molecule has 31 heteroatoms. The van der Waals surface area contributed by atoms with E-state index in [1.54, 1.807) is 0 Å². The van der Waals surface area contributed by atoms with E-state index in [0.717, 1.165) is 71.3 Å². The van der Waals surface area contributed by atoms with Gasteiger partial charge in [-0.2, -0.15) is 0 Å². The van der Waals surface area contributed by atoms with E-state index in [1.807, 2.05) is 10.6 Å². The zero-order chi connectivity index (χ0) is 59.8. The van der Waals surface area contributed by atoms with Gasteiger partial charge < -0.3 is 99.6 Å². The molecular formula is C48H83N11O20. The number of aliphatic hydroxyl groups excluding tert-OH is 6. The summed E-state index contributed by atoms with van der Waals surface area (Å²) in [5.74, 6) is -16.3. The maximum atomic E-state index is 14.2. The van der Waals surface area contributed by atoms with Gasteiger partial charge in [-0.1, -0.05) is 70.8 Å². The van der Waals surface area contributed by atoms with Gasteiger partial charge in [0.05, 0.1) is 31.8 Å². The van der Waals surface area contributed by atoms with Crippen LogP contribution in [-0.2, 0) is 57.5 Å². The number of amides is 8. The number of carbonyl (C=O) groups is 11. The average molecular weight is 1130 g/mol. The van der Waals surface area contributed by atoms with E-state index >= 15 is 0 Å². The van der Waals surface area contributed by atoms with Crippen molar-refractivity contribution >= 4 is 65.2 Å². The standard InChI is InChI=1S/C48H83N11O20/c1-4-6-7-8-9-10-11-12-13-15-27(63)22-33(65)53-31-25-79-46(76)36(32(64)24-61)57-44(73)37(38(67)45(74)75)58-39(68)28(5-2)54-43(72)35(26(3)62)56-41(70)29(16-14-19-49)55-40(69)30(17-21-60)52-34(66)23-51-48(18-20-50,47(77)78)59-42(31)71/h5,26-27,29-32,35-38,51,60-64,67H,4,6-25,49-50H2,1-3H3,(H,52,66)(H,53,65)(H,54,72)(H,55,69)(H,56,70)(H,57,73)(H,58,68)(H,59,71)(H,74,75)(H,77,78). The van der Waals surface area contributed by atoms with E-state index < -0.39 is 189 Å². The highest BCUT2D eigenvalue weighted by Crippen LogP contribution is 2.14. The van der Waals surface area contributed by atoms with Crippen LogP contribution in [0.2, 0.25) is 0 Å². The van der Waals surface area contributed by atoms with Crippen molar-refractivity contribution in [1.29, 1.82) is 0 Å². The van der Waals surface area contributed by atoms with E-state index in [1.165, 1.54) is 0 Å². The van der Waals surface area contributed by atoms with Crippen molar-refractivity contribution in [3.63, 3.8) is 0 Å². The van der Waals surface area contributed by atoms with Crippen LogP contribution in [0.25, 0.3) is 0 Å². The molecule has 11 atom stereocenters. The summed E-state index contributed by atoms with van der Waals surface area (Å²) in [5, 5.41) is 102. The number of nitrogens with two attached hydrogens (primary N) is 2. The Hall–Kier alpha value is -6.45. The number of carboxylic acids is 2. The Labute approximate surface area is 456 Å². The Balaban J connectivity index is 3.94. The molecule has 8 amide bonds. The summed E-state index contributed by atoms with van der Waals surface area (Å²) in [5.41, 5.74) is 7.88. The largest absolute Gasteiger partial charge is 0.479 e. The number of carbonyl (C=O) groups excluding carboxylic acids is 9. The molecule has 1 fully saturated rings. The quantitative estimate of drug-likeness (QED) is 0.0217. The molecule has 0 aromatic rings. The second-order valence-electron chi connectivity index (χ2n) is 18.8. The minimum atomic E-state index is -2.86. The van der Waals surface area contributed by atoms with E-state index in [4.69, 9.17) is 16.2 Å². The molecule has 0 saturated carbocycles. The molecule has 0 aromatic heterocycles. The van der Waals surface area contributed by atoms with Crippen LogP contribution in [-0.4, -0.2) is 212 Å². The SMILES string of the molecule is CC=C1NC(=O)C(C(C)O)NC(=O)C(CCCN)NC(=O)C(CCO)NC(=O)CNC(CCN)(C(=O)O)NC(=O)C(NC(=O)CC(O)CCCCCCCCCCC)COC(=O)C(C(O)CO)NC(=O)C(C(O)C(=O)O)NC1=O. The molecule has 0 aliphatic carbocycles. The molecule has 0 bridgehead atoms. The van der Waals surface area contributed by atoms with E-state index in [0.29, 0.717) is 6.42 Å². The van der Waals surface area contributed by atoms with Gasteiger partial charge in [0, 0.05) is 13.0 Å². The van der Waals surface area contributed by atoms with Crippen LogP contribution >= 0.6 is 0 Å². The third-order valence-electron chi connectivity index (χ3n) is 12.4. The van der Waals surface area contributed by atoms with Gasteiger partial charge in [-0.3, -0.25) is 43.7 Å². The number of cyclic esters (lactones) is 1. The Morgan fingerprint density at radius 3 is 1.87 bits per heavy atom. The molecule has 450 valence electrons. The molecule has 1 aliphatic rings. The fourth-order valence-corrected chi connectivity index (χ4v) is 7.82. The van der Waals surface area contributed by atoms with Gasteiger partial charge in [0.2, 0.25) is 41.4 Å². The fraction of sp³-hybridized carbons (Fsp3) is 0.729. The molecule has 1 rings (SSSR count). The Morgan fingerprint density at radius 2 is 1.33 bits per heavy atom. The minimum Gasteiger partial charge on any atom is -0.479 e. The monoisotopic (exact) mass is 1130 g/mol. The molecule has 79 heavy (non-hydrogen) atoms. The topological polar surface area (TPSA) is 519 Å². The lowest BCUT2D eigenvalue weighted by Gasteiger charge is -2.33. The lowest BCUT2D eigenvalue weighted by atomic mass is 10.0. The summed E-state index contributed by atoms with van der Waals surface area (Å²) in [4.78, 5) is 148. The number of ether oxygens (including phenoxy) is 1. The van der Waals surface area contributed by atoms with Gasteiger partial charge in [-0.25, -0.2) is 14.4 Å². The van der Waals surface area contributed by atoms with Crippen molar-refractivity contribution in [3.8, 4) is 0 Å². The van der Waals surface area contributed by atoms with Gasteiger partial charge in [0.15, 0.2) is 17.8 Å². The van der Waals surface area contributed by atoms with Crippen LogP contribution in [0, 0.1) is 0 Å². The predicted molar refractivity (Wildman–Crippen MR) is 276 cm³/mol. The van der Waals surface area contributed by atoms with Crippen molar-refractivity contribution in [3.05, 3.63) is 11.8 Å². The van der Waals surface area contributed by atoms with Gasteiger partial charge >= 0.3 is 17.9 Å². The third kappa shape index (κ3) is 25.0. The lowest BCUT2D eigenvalue weighted by molar-refractivity contribution is -0.157. The van der Waals surface area contributed by atoms with Crippen molar-refractivity contribution in [2.75, 3.05) is 39.5 Å². The van der Waals surface area contributed by atoms with Crippen molar-refractivity contribution < 1.29 is 98.3 Å². The summed E-state index contributed by atoms with van der Waals surface area (Å²) in [7, 11) is 0. The number of aliphatic carboxylic acids is 2. The third-order valence-corrected chi connectivity index (χ3v) is 12.4. The van der Waals surface area contributed by atoms with Crippen molar-refractivity contribution in [1.82, 2.24) is 47.9 Å². The van der Waals surface area contributed by atoms with Crippen molar-refractivity contribution in [2.45, 2.75) is 183 Å². The highest BCUT2D eigenvalue weighted by molar-refractivity contribution is 6.03. The second kappa shape index (κ2) is 37.4. The van der Waals surface area contributed by atoms with E-state index in [2.05, 4.69) is 44.1 Å². The molecule has 0 aromatic carbocycles. The molecule has 1 saturated heterocycles. The number of carboxylic acid groups (broad SMARTS) is 2. The first-order chi connectivity index (χ1) is 37.4. The number of nitrogens with one attached hydrogen (secondary N) is 9. The smallest absolute Gasteiger partial charge is 0.344 e. The van der Waals surface area contributed by atoms with Crippen LogP contribution in [0.15, 0.2) is 11.8 Å². The molecule has 11 unspecified atom stereocenters. The molecule has 21 N–H and O–H groups in total. The number of unbranched alkanes of at least 4 members (excludes halogenated alkanes) is 8. The molecular weight excluding hydrogens is 1050 g/mol. The number of hydrogen-bond donors (Lipinski definition) is 19. The van der Waals surface area contributed by atoms with Gasteiger partial charge in [0.25, 0.3) is 5.91 Å². The van der Waals surface area contributed by atoms with Crippen LogP contribution in [0.4, 0.5) is 0 Å². The first-order valence-electron chi connectivity index (χ1n) is 26.2.